The van der Waals surface area contributed by atoms with Gasteiger partial charge in [-0.25, -0.2) is 0 Å². The minimum atomic E-state index is -2.05. The molecule has 5 nitrogen and oxygen atoms in total. The Labute approximate surface area is 517 Å². The van der Waals surface area contributed by atoms with Crippen molar-refractivity contribution in [3.63, 3.8) is 0 Å². The number of pyridine rings is 5. The zero-order chi connectivity index (χ0) is 65.4. The Hall–Kier alpha value is -8.15. The number of hydrogen-bond donors (Lipinski definition) is 0. The Morgan fingerprint density at radius 2 is 0.494 bits per heavy atom. The molecule has 5 aromatic carbocycles. The summed E-state index contributed by atoms with van der Waals surface area (Å²) in [6.45, 7) is 38.7. The lowest BCUT2D eigenvalue weighted by Crippen LogP contribution is -2.35. The van der Waals surface area contributed by atoms with E-state index >= 15 is 0 Å². The highest BCUT2D eigenvalue weighted by atomic mass is 15.0. The fourth-order valence-corrected chi connectivity index (χ4v) is 11.5. The summed E-state index contributed by atoms with van der Waals surface area (Å²) in [6.07, 6.45) is 0. The second-order valence-corrected chi connectivity index (χ2v) is 24.3. The van der Waals surface area contributed by atoms with Crippen molar-refractivity contribution in [2.24, 2.45) is 35.2 Å². The number of hydrogen-bond acceptors (Lipinski definition) is 0. The third-order valence-corrected chi connectivity index (χ3v) is 16.8. The molecule has 0 atom stereocenters. The molecule has 0 fully saturated rings. The van der Waals surface area contributed by atoms with E-state index < -0.39 is 6.85 Å². The van der Waals surface area contributed by atoms with Gasteiger partial charge in [-0.3, -0.25) is 0 Å². The molecule has 10 aromatic rings. The summed E-state index contributed by atoms with van der Waals surface area (Å²) in [4.78, 5) is 0. The van der Waals surface area contributed by atoms with Gasteiger partial charge in [0, 0.05) is 116 Å². The lowest BCUT2D eigenvalue weighted by atomic mass is 9.98. The van der Waals surface area contributed by atoms with Gasteiger partial charge >= 0.3 is 0 Å². The summed E-state index contributed by atoms with van der Waals surface area (Å²) in [7, 11) is 10.6. The largest absolute Gasteiger partial charge is 0.213 e. The third-order valence-electron chi connectivity index (χ3n) is 16.8. The van der Waals surface area contributed by atoms with Crippen LogP contribution in [0.2, 0.25) is 0 Å². The maximum Gasteiger partial charge on any atom is 0.213 e. The van der Waals surface area contributed by atoms with E-state index in [4.69, 9.17) is 4.11 Å². The van der Waals surface area contributed by atoms with Gasteiger partial charge in [-0.2, -0.15) is 22.8 Å². The number of rotatable bonds is 5. The van der Waals surface area contributed by atoms with Gasteiger partial charge < -0.3 is 0 Å². The molecule has 0 saturated carbocycles. The number of nitrogens with zero attached hydrogens (tertiary/aromatic N) is 5. The lowest BCUT2D eigenvalue weighted by molar-refractivity contribution is -0.666. The van der Waals surface area contributed by atoms with Crippen LogP contribution in [0, 0.1) is 138 Å². The van der Waals surface area contributed by atoms with Crippen molar-refractivity contribution in [2.45, 2.75) is 138 Å². The van der Waals surface area contributed by atoms with E-state index in [0.717, 1.165) is 16.8 Å². The summed E-state index contributed by atoms with van der Waals surface area (Å²) >= 11 is 0. The van der Waals surface area contributed by atoms with Crippen LogP contribution in [-0.4, -0.2) is 0 Å². The predicted molar refractivity (Wildman–Crippen MR) is 360 cm³/mol. The van der Waals surface area contributed by atoms with E-state index in [-0.39, 0.29) is 0 Å². The first-order chi connectivity index (χ1) is 41.2. The third kappa shape index (κ3) is 16.4. The fraction of sp³-hybridized carbons (Fsp3) is 0.312. The van der Waals surface area contributed by atoms with Gasteiger partial charge in [-0.15, -0.1) is 0 Å². The number of aryl methyl sites for hydroxylation is 20. The Morgan fingerprint density at radius 3 is 0.788 bits per heavy atom. The topological polar surface area (TPSA) is 19.4 Å². The molecule has 5 heterocycles. The van der Waals surface area contributed by atoms with E-state index in [1.807, 2.05) is 20.0 Å². The van der Waals surface area contributed by atoms with E-state index in [1.54, 1.807) is 12.1 Å². The van der Waals surface area contributed by atoms with Crippen molar-refractivity contribution < 1.29 is 26.9 Å². The predicted octanol–water partition coefficient (Wildman–Crippen LogP) is 17.1. The molecule has 85 heavy (non-hydrogen) atoms. The van der Waals surface area contributed by atoms with E-state index in [2.05, 4.69) is 309 Å². The molecule has 0 aliphatic rings. The SMILES string of the molecule is Cc1cc(C)[n+](C)c(-c2c(C)cccc2C)c1.Cc1cc(C)[n+](C)c(-c2c(C)cccc2C)c1.Cc1ccc(C)c(-c2cc(C)cc(C)[n+]2C)c1.Cc1ccc(C)c(-c2cc(C)cc(C)[n+]2C)c1.[2H]C([2H])([2H])c1ccc(-c2cc(C)cc(C)[n+]2C)c(C)c1. The molecular weight excluding hydrogens is 1030 g/mol. The molecule has 0 radical (unpaired) electrons. The summed E-state index contributed by atoms with van der Waals surface area (Å²) in [6, 6.07) is 53.8. The van der Waals surface area contributed by atoms with Crippen LogP contribution >= 0.6 is 0 Å². The monoisotopic (exact) mass is 1130 g/mol. The van der Waals surface area contributed by atoms with Crippen LogP contribution in [0.4, 0.5) is 0 Å². The van der Waals surface area contributed by atoms with Crippen molar-refractivity contribution in [1.29, 1.82) is 0 Å². The highest BCUT2D eigenvalue weighted by molar-refractivity contribution is 5.68. The van der Waals surface area contributed by atoms with Crippen molar-refractivity contribution in [1.82, 2.24) is 0 Å². The Bertz CT molecular complexity index is 3930. The highest BCUT2D eigenvalue weighted by Gasteiger charge is 2.21. The standard InChI is InChI=1S/5C16H20N/c2*1-11-6-7-13(3)15(9-11)16-10-12(2)8-14(4)17(16)5;1-11-6-7-15(13(3)8-11)16-10-12(2)9-14(4)17(16)5;2*1-11-9-14(4)17(5)15(10-11)16-12(2)7-6-8-13(16)3/h5*6-10H,1-5H3/q5*+1/i;;1D3;;. The van der Waals surface area contributed by atoms with Gasteiger partial charge in [0.1, 0.15) is 35.2 Å². The van der Waals surface area contributed by atoms with Crippen LogP contribution in [0.15, 0.2) is 152 Å². The zero-order valence-corrected chi connectivity index (χ0v) is 56.2. The van der Waals surface area contributed by atoms with E-state index in [9.17, 15) is 0 Å². The van der Waals surface area contributed by atoms with Crippen molar-refractivity contribution in [2.75, 3.05) is 0 Å². The van der Waals surface area contributed by atoms with Crippen LogP contribution in [0.25, 0.3) is 56.3 Å². The van der Waals surface area contributed by atoms with Gasteiger partial charge in [-0.1, -0.05) is 89.5 Å². The van der Waals surface area contributed by atoms with Gasteiger partial charge in [-0.05, 0) is 189 Å². The summed E-state index contributed by atoms with van der Waals surface area (Å²) < 4.78 is 33.6. The van der Waals surface area contributed by atoms with Crippen molar-refractivity contribution in [3.8, 4) is 56.3 Å². The van der Waals surface area contributed by atoms with E-state index in [0.29, 0.717) is 5.56 Å². The molecule has 0 saturated heterocycles. The van der Waals surface area contributed by atoms with Crippen molar-refractivity contribution in [3.05, 3.63) is 264 Å². The maximum absolute atomic E-state index is 7.48. The fourth-order valence-electron chi connectivity index (χ4n) is 11.5. The van der Waals surface area contributed by atoms with Gasteiger partial charge in [0.15, 0.2) is 28.5 Å². The molecule has 0 bridgehead atoms. The normalized spacial score (nSPS) is 11.3. The number of aromatic nitrogens is 5. The molecule has 10 rings (SSSR count). The quantitative estimate of drug-likeness (QED) is 0.153. The van der Waals surface area contributed by atoms with E-state index in [1.165, 1.54) is 146 Å². The van der Waals surface area contributed by atoms with Crippen LogP contribution < -0.4 is 22.8 Å². The molecule has 0 amide bonds. The van der Waals surface area contributed by atoms with Crippen LogP contribution in [0.5, 0.6) is 0 Å². The van der Waals surface area contributed by atoms with Crippen molar-refractivity contribution >= 4 is 0 Å². The van der Waals surface area contributed by atoms with Crippen LogP contribution in [-0.2, 0) is 35.2 Å². The Kier molecular flexibility index (Phi) is 20.7. The molecule has 5 heteroatoms. The second kappa shape index (κ2) is 28.6. The Balaban J connectivity index is 0.000000176. The summed E-state index contributed by atoms with van der Waals surface area (Å²) in [5, 5.41) is 0. The molecular formula is C80H100N5+5. The lowest BCUT2D eigenvalue weighted by Gasteiger charge is -2.10. The molecule has 0 unspecified atom stereocenters. The first kappa shape index (κ1) is 61.4. The minimum Gasteiger partial charge on any atom is -0.199 e. The van der Waals surface area contributed by atoms with Gasteiger partial charge in [0.25, 0.3) is 0 Å². The summed E-state index contributed by atoms with van der Waals surface area (Å²) in [5.41, 5.74) is 37.6. The molecule has 0 spiro atoms. The highest BCUT2D eigenvalue weighted by Crippen LogP contribution is 2.29. The minimum absolute atomic E-state index is 0.394. The smallest absolute Gasteiger partial charge is 0.199 e. The first-order valence-corrected chi connectivity index (χ1v) is 29.9. The maximum atomic E-state index is 7.48. The molecule has 5 aromatic heterocycles. The number of benzene rings is 5. The average Bonchev–Trinajstić information content (AvgIpc) is 1.13. The molecule has 0 aliphatic heterocycles. The van der Waals surface area contributed by atoms with Gasteiger partial charge in [0.05, 0.1) is 11.1 Å². The Morgan fingerprint density at radius 1 is 0.224 bits per heavy atom. The zero-order valence-electron chi connectivity index (χ0n) is 59.2. The average molecular weight is 1130 g/mol. The molecule has 440 valence electrons. The molecule has 0 N–H and O–H groups in total. The second-order valence-electron chi connectivity index (χ2n) is 24.3. The van der Waals surface area contributed by atoms with Crippen LogP contribution in [0.1, 0.15) is 116 Å². The van der Waals surface area contributed by atoms with Gasteiger partial charge in [0.2, 0.25) is 28.5 Å². The first-order valence-electron chi connectivity index (χ1n) is 31.4. The van der Waals surface area contributed by atoms with Crippen LogP contribution in [0.3, 0.4) is 0 Å². The summed E-state index contributed by atoms with van der Waals surface area (Å²) in [5.74, 6) is 0. The molecule has 0 aliphatic carbocycles.